The Hall–Kier alpha value is -0.300. The van der Waals surface area contributed by atoms with Crippen molar-refractivity contribution in [3.05, 3.63) is 12.7 Å². The average Bonchev–Trinajstić information content (AvgIpc) is 2.94. The van der Waals surface area contributed by atoms with Crippen LogP contribution in [0.1, 0.15) is 78.1 Å². The molecule has 8 atom stereocenters. The fraction of sp³-hybridized carbons (Fsp3) is 0.909. The lowest BCUT2D eigenvalue weighted by Gasteiger charge is -2.60. The number of fused-ring (bicyclic) bond motifs is 5. The van der Waals surface area contributed by atoms with Gasteiger partial charge in [-0.05, 0) is 98.7 Å². The number of allylic oxidation sites excluding steroid dienone is 1. The van der Waals surface area contributed by atoms with Gasteiger partial charge in [-0.25, -0.2) is 0 Å². The first-order valence-corrected chi connectivity index (χ1v) is 10.3. The maximum absolute atomic E-state index is 10.4. The zero-order valence-electron chi connectivity index (χ0n) is 15.3. The van der Waals surface area contributed by atoms with E-state index in [1.165, 1.54) is 64.2 Å². The molecule has 1 heteroatoms. The smallest absolute Gasteiger partial charge is 0.0548 e. The van der Waals surface area contributed by atoms with Crippen molar-refractivity contribution in [3.8, 4) is 0 Å². The van der Waals surface area contributed by atoms with Gasteiger partial charge in [0.1, 0.15) is 0 Å². The second kappa shape index (κ2) is 5.61. The first-order chi connectivity index (χ1) is 11.0. The molecule has 0 aromatic heterocycles. The monoisotopic (exact) mass is 316 g/mol. The molecule has 0 bridgehead atoms. The lowest BCUT2D eigenvalue weighted by atomic mass is 9.44. The summed E-state index contributed by atoms with van der Waals surface area (Å²) in [4.78, 5) is 0. The van der Waals surface area contributed by atoms with Gasteiger partial charge in [-0.3, -0.25) is 0 Å². The van der Waals surface area contributed by atoms with Crippen molar-refractivity contribution in [3.63, 3.8) is 0 Å². The lowest BCUT2D eigenvalue weighted by molar-refractivity contribution is -0.109. The summed E-state index contributed by atoms with van der Waals surface area (Å²) in [5, 5.41) is 10.4. The molecule has 23 heavy (non-hydrogen) atoms. The van der Waals surface area contributed by atoms with Gasteiger partial charge in [0.2, 0.25) is 0 Å². The molecule has 1 nitrogen and oxygen atoms in total. The van der Waals surface area contributed by atoms with Crippen LogP contribution in [-0.2, 0) is 0 Å². The predicted molar refractivity (Wildman–Crippen MR) is 96.0 cm³/mol. The summed E-state index contributed by atoms with van der Waals surface area (Å²) in [5.74, 6) is 4.13. The third kappa shape index (κ3) is 2.14. The lowest BCUT2D eigenvalue weighted by Crippen LogP contribution is -2.53. The van der Waals surface area contributed by atoms with Crippen molar-refractivity contribution in [1.82, 2.24) is 0 Å². The Bertz CT molecular complexity index is 469. The predicted octanol–water partition coefficient (Wildman–Crippen LogP) is 5.58. The van der Waals surface area contributed by atoms with Crippen molar-refractivity contribution < 1.29 is 5.11 Å². The highest BCUT2D eigenvalue weighted by Crippen LogP contribution is 2.68. The van der Waals surface area contributed by atoms with Crippen LogP contribution in [0.2, 0.25) is 0 Å². The molecule has 0 saturated heterocycles. The normalized spacial score (nSPS) is 53.8. The van der Waals surface area contributed by atoms with Crippen LogP contribution in [0.4, 0.5) is 0 Å². The van der Waals surface area contributed by atoms with E-state index in [2.05, 4.69) is 19.6 Å². The molecule has 4 aliphatic rings. The number of rotatable bonds is 2. The first-order valence-electron chi connectivity index (χ1n) is 10.3. The second-order valence-electron chi connectivity index (χ2n) is 9.68. The van der Waals surface area contributed by atoms with Gasteiger partial charge >= 0.3 is 0 Å². The quantitative estimate of drug-likeness (QED) is 0.659. The van der Waals surface area contributed by atoms with Crippen molar-refractivity contribution in [2.45, 2.75) is 84.2 Å². The zero-order chi connectivity index (χ0) is 16.2. The van der Waals surface area contributed by atoms with Gasteiger partial charge in [-0.1, -0.05) is 25.8 Å². The van der Waals surface area contributed by atoms with Crippen LogP contribution >= 0.6 is 0 Å². The number of hydrogen-bond donors (Lipinski definition) is 1. The minimum Gasteiger partial charge on any atom is -0.393 e. The highest BCUT2D eigenvalue weighted by Gasteiger charge is 2.60. The van der Waals surface area contributed by atoms with Crippen LogP contribution in [0.25, 0.3) is 0 Å². The molecule has 0 aromatic carbocycles. The van der Waals surface area contributed by atoms with Gasteiger partial charge in [0, 0.05) is 0 Å². The van der Waals surface area contributed by atoms with E-state index >= 15 is 0 Å². The zero-order valence-corrected chi connectivity index (χ0v) is 15.3. The highest BCUT2D eigenvalue weighted by atomic mass is 16.3. The maximum atomic E-state index is 10.4. The topological polar surface area (TPSA) is 20.2 Å². The van der Waals surface area contributed by atoms with E-state index in [-0.39, 0.29) is 11.5 Å². The van der Waals surface area contributed by atoms with E-state index in [9.17, 15) is 5.11 Å². The van der Waals surface area contributed by atoms with Crippen LogP contribution in [-0.4, -0.2) is 11.2 Å². The summed E-state index contributed by atoms with van der Waals surface area (Å²) in [6.45, 7) is 8.94. The molecule has 0 aliphatic heterocycles. The summed E-state index contributed by atoms with van der Waals surface area (Å²) in [5.41, 5.74) is 0.866. The molecule has 0 aromatic rings. The second-order valence-corrected chi connectivity index (χ2v) is 9.68. The van der Waals surface area contributed by atoms with Gasteiger partial charge < -0.3 is 5.11 Å². The van der Waals surface area contributed by atoms with E-state index in [1.54, 1.807) is 0 Å². The first kappa shape index (κ1) is 16.2. The molecule has 4 rings (SSSR count). The molecule has 0 spiro atoms. The van der Waals surface area contributed by atoms with E-state index in [0.29, 0.717) is 11.3 Å². The number of hydrogen-bond acceptors (Lipinski definition) is 1. The molecule has 1 N–H and O–H groups in total. The minimum atomic E-state index is -0.170. The van der Waals surface area contributed by atoms with Crippen molar-refractivity contribution in [1.29, 1.82) is 0 Å². The summed E-state index contributed by atoms with van der Waals surface area (Å²) in [6.07, 6.45) is 16.2. The maximum Gasteiger partial charge on any atom is 0.0548 e. The fourth-order valence-electron chi connectivity index (χ4n) is 8.16. The van der Waals surface area contributed by atoms with E-state index < -0.39 is 0 Å². The summed E-state index contributed by atoms with van der Waals surface area (Å²) < 4.78 is 0. The Balaban J connectivity index is 1.65. The number of aliphatic hydroxyl groups is 1. The largest absolute Gasteiger partial charge is 0.393 e. The fourth-order valence-corrected chi connectivity index (χ4v) is 8.16. The van der Waals surface area contributed by atoms with Gasteiger partial charge in [-0.2, -0.15) is 0 Å². The van der Waals surface area contributed by atoms with Gasteiger partial charge in [0.25, 0.3) is 0 Å². The highest BCUT2D eigenvalue weighted by molar-refractivity contribution is 5.15. The third-order valence-corrected chi connectivity index (χ3v) is 9.20. The molecular formula is C22H36O. The van der Waals surface area contributed by atoms with E-state index in [4.69, 9.17) is 0 Å². The van der Waals surface area contributed by atoms with E-state index in [1.807, 2.05) is 6.92 Å². The van der Waals surface area contributed by atoms with Crippen molar-refractivity contribution >= 4 is 0 Å². The van der Waals surface area contributed by atoms with Crippen LogP contribution in [0.15, 0.2) is 12.7 Å². The molecule has 4 fully saturated rings. The Morgan fingerprint density at radius 2 is 1.83 bits per heavy atom. The molecule has 0 amide bonds. The SMILES string of the molecule is C=CC12CCC3C(CCC4CCCCC43C)C1CCC2C(C)O. The third-order valence-electron chi connectivity index (χ3n) is 9.20. The summed E-state index contributed by atoms with van der Waals surface area (Å²) >= 11 is 0. The van der Waals surface area contributed by atoms with Crippen LogP contribution in [0.5, 0.6) is 0 Å². The molecule has 0 heterocycles. The van der Waals surface area contributed by atoms with Crippen LogP contribution in [0.3, 0.4) is 0 Å². The van der Waals surface area contributed by atoms with Gasteiger partial charge in [-0.15, -0.1) is 6.58 Å². The standard InChI is InChI=1S/C22H36O/c1-4-22-14-12-19-17(20(22)11-10-18(22)15(2)23)9-8-16-7-5-6-13-21(16,19)3/h4,15-20,23H,1,5-14H2,2-3H3. The number of aliphatic hydroxyl groups excluding tert-OH is 1. The van der Waals surface area contributed by atoms with Crippen molar-refractivity contribution in [2.24, 2.45) is 40.4 Å². The average molecular weight is 317 g/mol. The molecular weight excluding hydrogens is 280 g/mol. The van der Waals surface area contributed by atoms with Crippen LogP contribution in [0, 0.1) is 40.4 Å². The molecule has 8 unspecified atom stereocenters. The molecule has 4 aliphatic carbocycles. The van der Waals surface area contributed by atoms with Gasteiger partial charge in [0.05, 0.1) is 6.10 Å². The molecule has 0 radical (unpaired) electrons. The summed E-state index contributed by atoms with van der Waals surface area (Å²) in [7, 11) is 0. The summed E-state index contributed by atoms with van der Waals surface area (Å²) in [6, 6.07) is 0. The molecule has 4 saturated carbocycles. The Kier molecular flexibility index (Phi) is 3.95. The Morgan fingerprint density at radius 1 is 1.00 bits per heavy atom. The van der Waals surface area contributed by atoms with Gasteiger partial charge in [0.15, 0.2) is 0 Å². The minimum absolute atomic E-state index is 0.170. The Morgan fingerprint density at radius 3 is 2.57 bits per heavy atom. The van der Waals surface area contributed by atoms with Crippen LogP contribution < -0.4 is 0 Å². The molecule has 130 valence electrons. The Labute approximate surface area is 142 Å². The van der Waals surface area contributed by atoms with E-state index in [0.717, 1.165) is 23.7 Å². The van der Waals surface area contributed by atoms with Crippen molar-refractivity contribution in [2.75, 3.05) is 0 Å².